The molecule has 0 saturated carbocycles. The fraction of sp³-hybridized carbons (Fsp3) is 0.125. The summed E-state index contributed by atoms with van der Waals surface area (Å²) < 4.78 is 41.1. The number of nitrogens with one attached hydrogen (secondary N) is 1. The normalized spacial score (nSPS) is 11.7. The molecule has 174 valence electrons. The van der Waals surface area contributed by atoms with Crippen molar-refractivity contribution in [2.24, 2.45) is 0 Å². The maximum atomic E-state index is 13.2. The van der Waals surface area contributed by atoms with Crippen molar-refractivity contribution in [2.75, 3.05) is 5.32 Å². The van der Waals surface area contributed by atoms with Gasteiger partial charge >= 0.3 is 6.18 Å². The number of hydrogen-bond acceptors (Lipinski definition) is 4. The van der Waals surface area contributed by atoms with Gasteiger partial charge in [0.05, 0.1) is 22.2 Å². The van der Waals surface area contributed by atoms with Crippen molar-refractivity contribution in [2.45, 2.75) is 20.0 Å². The van der Waals surface area contributed by atoms with E-state index in [0.29, 0.717) is 17.0 Å². The van der Waals surface area contributed by atoms with Crippen LogP contribution in [0.5, 0.6) is 0 Å². The number of aromatic nitrogens is 1. The van der Waals surface area contributed by atoms with E-state index in [1.807, 2.05) is 0 Å². The van der Waals surface area contributed by atoms with Gasteiger partial charge in [-0.05, 0) is 67.4 Å². The highest BCUT2D eigenvalue weighted by atomic mass is 35.5. The van der Waals surface area contributed by atoms with Crippen LogP contribution < -0.4 is 10.4 Å². The molecule has 1 amide bonds. The molecule has 3 aromatic rings. The van der Waals surface area contributed by atoms with Crippen molar-refractivity contribution in [3.63, 3.8) is 0 Å². The topological polar surface area (TPSA) is 98.0 Å². The number of halogens is 4. The van der Waals surface area contributed by atoms with Gasteiger partial charge in [-0.15, -0.1) is 0 Å². The summed E-state index contributed by atoms with van der Waals surface area (Å²) in [6, 6.07) is 11.6. The average molecular weight is 487 g/mol. The molecular weight excluding hydrogens is 471 g/mol. The maximum Gasteiger partial charge on any atom is 0.416 e. The Morgan fingerprint density at radius 2 is 1.76 bits per heavy atom. The molecule has 0 radical (unpaired) electrons. The smallest absolute Gasteiger partial charge is 0.416 e. The van der Waals surface area contributed by atoms with Crippen LogP contribution in [-0.2, 0) is 11.0 Å². The number of carboxylic acids is 1. The third-order valence-electron chi connectivity index (χ3n) is 5.03. The van der Waals surface area contributed by atoms with E-state index in [2.05, 4.69) is 5.32 Å². The number of rotatable bonds is 5. The van der Waals surface area contributed by atoms with Gasteiger partial charge in [0.15, 0.2) is 0 Å². The van der Waals surface area contributed by atoms with E-state index >= 15 is 0 Å². The summed E-state index contributed by atoms with van der Waals surface area (Å²) in [5, 5.41) is 22.9. The highest BCUT2D eigenvalue weighted by Gasteiger charge is 2.31. The van der Waals surface area contributed by atoms with E-state index in [0.717, 1.165) is 18.2 Å². The molecule has 0 bridgehead atoms. The summed E-state index contributed by atoms with van der Waals surface area (Å²) in [7, 11) is 0. The van der Waals surface area contributed by atoms with Crippen LogP contribution in [0.4, 0.5) is 18.9 Å². The molecule has 1 N–H and O–H groups in total. The van der Waals surface area contributed by atoms with Crippen LogP contribution in [0, 0.1) is 25.2 Å². The van der Waals surface area contributed by atoms with Gasteiger partial charge in [0, 0.05) is 17.1 Å². The largest absolute Gasteiger partial charge is 0.545 e. The lowest BCUT2D eigenvalue weighted by atomic mass is 10.1. The van der Waals surface area contributed by atoms with Gasteiger partial charge < -0.3 is 19.8 Å². The SMILES string of the molecule is Cc1cc(/C=C(\C#N)C(=O)Nc2ccc(C(=O)[O-])cc2)c(C)n1-c1cc(C(F)(F)F)ccc1Cl. The van der Waals surface area contributed by atoms with Gasteiger partial charge in [-0.3, -0.25) is 4.79 Å². The Hall–Kier alpha value is -4.03. The van der Waals surface area contributed by atoms with E-state index < -0.39 is 23.6 Å². The van der Waals surface area contributed by atoms with E-state index in [1.165, 1.54) is 34.9 Å². The number of nitrogens with zero attached hydrogens (tertiary/aromatic N) is 2. The minimum atomic E-state index is -4.55. The second-order valence-electron chi connectivity index (χ2n) is 7.31. The Morgan fingerprint density at radius 3 is 2.32 bits per heavy atom. The van der Waals surface area contributed by atoms with Crippen LogP contribution in [0.2, 0.25) is 5.02 Å². The molecule has 0 unspecified atom stereocenters. The second-order valence-corrected chi connectivity index (χ2v) is 7.72. The lowest BCUT2D eigenvalue weighted by molar-refractivity contribution is -0.255. The number of aromatic carboxylic acids is 1. The molecule has 0 spiro atoms. The molecule has 10 heteroatoms. The highest BCUT2D eigenvalue weighted by Crippen LogP contribution is 2.35. The van der Waals surface area contributed by atoms with Crippen molar-refractivity contribution in [1.82, 2.24) is 4.57 Å². The van der Waals surface area contributed by atoms with Crippen LogP contribution in [0.15, 0.2) is 54.1 Å². The number of anilines is 1. The monoisotopic (exact) mass is 486 g/mol. The van der Waals surface area contributed by atoms with E-state index in [4.69, 9.17) is 11.6 Å². The number of benzene rings is 2. The molecular formula is C24H16ClF3N3O3-. The minimum absolute atomic E-state index is 0.0743. The number of carboxylic acid groups (broad SMARTS) is 1. The Kier molecular flexibility index (Phi) is 6.84. The van der Waals surface area contributed by atoms with Crippen molar-refractivity contribution in [3.05, 3.63) is 87.2 Å². The third kappa shape index (κ3) is 5.13. The number of nitriles is 1. The number of carbonyl (C=O) groups excluding carboxylic acids is 2. The van der Waals surface area contributed by atoms with Crippen molar-refractivity contribution in [1.29, 1.82) is 5.26 Å². The maximum absolute atomic E-state index is 13.2. The van der Waals surface area contributed by atoms with Gasteiger partial charge in [0.25, 0.3) is 5.91 Å². The summed E-state index contributed by atoms with van der Waals surface area (Å²) in [6.07, 6.45) is -3.24. The second kappa shape index (κ2) is 9.45. The molecule has 0 aliphatic rings. The van der Waals surface area contributed by atoms with Crippen LogP contribution >= 0.6 is 11.6 Å². The summed E-state index contributed by atoms with van der Waals surface area (Å²) in [4.78, 5) is 23.4. The number of aryl methyl sites for hydroxylation is 1. The molecule has 34 heavy (non-hydrogen) atoms. The molecule has 0 saturated heterocycles. The van der Waals surface area contributed by atoms with E-state index in [-0.39, 0.29) is 27.5 Å². The summed E-state index contributed by atoms with van der Waals surface area (Å²) in [5.41, 5.74) is 0.620. The van der Waals surface area contributed by atoms with Crippen LogP contribution in [-0.4, -0.2) is 16.4 Å². The van der Waals surface area contributed by atoms with E-state index in [9.17, 15) is 33.1 Å². The van der Waals surface area contributed by atoms with Gasteiger partial charge in [-0.1, -0.05) is 23.7 Å². The van der Waals surface area contributed by atoms with Crippen molar-refractivity contribution >= 4 is 35.2 Å². The number of hydrogen-bond donors (Lipinski definition) is 1. The zero-order chi connectivity index (χ0) is 25.2. The third-order valence-corrected chi connectivity index (χ3v) is 5.35. The Labute approximate surface area is 197 Å². The molecule has 2 aromatic carbocycles. The van der Waals surface area contributed by atoms with Gasteiger partial charge in [0.2, 0.25) is 0 Å². The molecule has 0 aliphatic heterocycles. The molecule has 0 atom stereocenters. The molecule has 6 nitrogen and oxygen atoms in total. The first kappa shape index (κ1) is 24.6. The fourth-order valence-corrected chi connectivity index (χ4v) is 3.56. The number of carbonyl (C=O) groups is 2. The van der Waals surface area contributed by atoms with Gasteiger partial charge in [-0.25, -0.2) is 0 Å². The van der Waals surface area contributed by atoms with Crippen LogP contribution in [0.1, 0.15) is 32.9 Å². The lowest BCUT2D eigenvalue weighted by Gasteiger charge is -2.15. The first-order valence-corrected chi connectivity index (χ1v) is 10.1. The first-order chi connectivity index (χ1) is 15.9. The van der Waals surface area contributed by atoms with Gasteiger partial charge in [-0.2, -0.15) is 18.4 Å². The number of alkyl halides is 3. The summed E-state index contributed by atoms with van der Waals surface area (Å²) in [5.74, 6) is -2.11. The van der Waals surface area contributed by atoms with Crippen LogP contribution in [0.25, 0.3) is 11.8 Å². The molecule has 3 rings (SSSR count). The predicted molar refractivity (Wildman–Crippen MR) is 118 cm³/mol. The first-order valence-electron chi connectivity index (χ1n) is 9.73. The number of amides is 1. The molecule has 1 aromatic heterocycles. The standard InChI is InChI=1S/C24H17ClF3N3O3/c1-13-9-16(14(2)31(13)21-11-18(24(26,27)28)5-8-20(21)25)10-17(12-29)22(32)30-19-6-3-15(4-7-19)23(33)34/h3-11H,1-2H3,(H,30,32)(H,33,34)/p-1/b17-10+. The predicted octanol–water partition coefficient (Wildman–Crippen LogP) is 4.68. The molecule has 0 fully saturated rings. The minimum Gasteiger partial charge on any atom is -0.545 e. The Bertz CT molecular complexity index is 1350. The zero-order valence-electron chi connectivity index (χ0n) is 17.8. The quantitative estimate of drug-likeness (QED) is 0.418. The Balaban J connectivity index is 1.96. The summed E-state index contributed by atoms with van der Waals surface area (Å²) >= 11 is 6.18. The van der Waals surface area contributed by atoms with Crippen LogP contribution in [0.3, 0.4) is 0 Å². The zero-order valence-corrected chi connectivity index (χ0v) is 18.6. The molecule has 0 aliphatic carbocycles. The summed E-state index contributed by atoms with van der Waals surface area (Å²) in [6.45, 7) is 3.28. The highest BCUT2D eigenvalue weighted by molar-refractivity contribution is 6.32. The van der Waals surface area contributed by atoms with Gasteiger partial charge in [0.1, 0.15) is 11.6 Å². The fourth-order valence-electron chi connectivity index (χ4n) is 3.36. The average Bonchev–Trinajstić information content (AvgIpc) is 3.04. The lowest BCUT2D eigenvalue weighted by Crippen LogP contribution is -2.22. The van der Waals surface area contributed by atoms with Crippen molar-refractivity contribution in [3.8, 4) is 11.8 Å². The molecule has 1 heterocycles. The Morgan fingerprint density at radius 1 is 1.12 bits per heavy atom. The van der Waals surface area contributed by atoms with E-state index in [1.54, 1.807) is 26.0 Å². The van der Waals surface area contributed by atoms with Crippen molar-refractivity contribution < 1.29 is 27.9 Å².